The van der Waals surface area contributed by atoms with Crippen molar-refractivity contribution in [2.75, 3.05) is 13.1 Å². The Morgan fingerprint density at radius 3 is 2.84 bits per heavy atom. The van der Waals surface area contributed by atoms with Crippen molar-refractivity contribution >= 4 is 10.9 Å². The highest BCUT2D eigenvalue weighted by Gasteiger charge is 2.51. The second-order valence-corrected chi connectivity index (χ2v) is 8.65. The molecule has 1 aliphatic heterocycles. The van der Waals surface area contributed by atoms with E-state index in [1.54, 1.807) is 0 Å². The van der Waals surface area contributed by atoms with Crippen LogP contribution in [-0.4, -0.2) is 39.7 Å². The molecule has 0 bridgehead atoms. The number of likely N-dealkylation sites (tertiary alicyclic amines) is 1. The molecule has 132 valence electrons. The van der Waals surface area contributed by atoms with Crippen molar-refractivity contribution in [1.82, 2.24) is 9.88 Å². The molecule has 2 fully saturated rings. The van der Waals surface area contributed by atoms with Crippen molar-refractivity contribution in [3.8, 4) is 0 Å². The number of nitrogens with zero attached hydrogens (tertiary/aromatic N) is 2. The molecule has 1 N–H and O–H groups in total. The zero-order chi connectivity index (χ0) is 17.2. The van der Waals surface area contributed by atoms with Crippen molar-refractivity contribution < 1.29 is 5.11 Å². The summed E-state index contributed by atoms with van der Waals surface area (Å²) in [6.45, 7) is 6.77. The van der Waals surface area contributed by atoms with Crippen LogP contribution < -0.4 is 0 Å². The van der Waals surface area contributed by atoms with Gasteiger partial charge >= 0.3 is 0 Å². The molecular formula is C22H28N2O. The Hall–Kier alpha value is -1.45. The third-order valence-electron chi connectivity index (χ3n) is 7.20. The quantitative estimate of drug-likeness (QED) is 0.912. The third kappa shape index (κ3) is 2.43. The number of aliphatic hydroxyl groups is 1. The number of benzene rings is 1. The van der Waals surface area contributed by atoms with Gasteiger partial charge in [-0.15, -0.1) is 0 Å². The zero-order valence-electron chi connectivity index (χ0n) is 15.3. The van der Waals surface area contributed by atoms with E-state index in [0.717, 1.165) is 37.2 Å². The largest absolute Gasteiger partial charge is 0.388 e. The van der Waals surface area contributed by atoms with Gasteiger partial charge in [-0.3, -0.25) is 9.88 Å². The summed E-state index contributed by atoms with van der Waals surface area (Å²) >= 11 is 0. The number of hydrogen-bond donors (Lipinski definition) is 1. The molecule has 5 rings (SSSR count). The molecule has 1 saturated heterocycles. The summed E-state index contributed by atoms with van der Waals surface area (Å²) in [5.74, 6) is 1.23. The van der Waals surface area contributed by atoms with Crippen molar-refractivity contribution in [3.05, 3.63) is 41.1 Å². The molecule has 3 heteroatoms. The van der Waals surface area contributed by atoms with Gasteiger partial charge in [0.1, 0.15) is 0 Å². The predicted octanol–water partition coefficient (Wildman–Crippen LogP) is 3.49. The van der Waals surface area contributed by atoms with Crippen LogP contribution in [0.25, 0.3) is 10.9 Å². The highest BCUT2D eigenvalue weighted by atomic mass is 16.3. The van der Waals surface area contributed by atoms with Gasteiger partial charge in [0, 0.05) is 30.1 Å². The SMILES string of the molecule is Cc1c2c(nc3ccccc13)CC1CCN(CC3CC3)C(C)C1(O)C2. The minimum atomic E-state index is -0.602. The Kier molecular flexibility index (Phi) is 3.48. The van der Waals surface area contributed by atoms with E-state index in [9.17, 15) is 5.11 Å². The standard InChI is InChI=1S/C22H28N2O/c1-14-18-5-3-4-6-20(18)23-21-11-17-9-10-24(13-16-7-8-16)15(2)22(17,25)12-19(14)21/h3-6,15-17,25H,7-13H2,1-2H3. The van der Waals surface area contributed by atoms with Gasteiger partial charge in [-0.25, -0.2) is 0 Å². The first kappa shape index (κ1) is 15.8. The Bertz CT molecular complexity index is 828. The molecule has 0 radical (unpaired) electrons. The van der Waals surface area contributed by atoms with Crippen LogP contribution in [0.2, 0.25) is 0 Å². The van der Waals surface area contributed by atoms with Gasteiger partial charge in [0.25, 0.3) is 0 Å². The average Bonchev–Trinajstić information content (AvgIpc) is 3.42. The Morgan fingerprint density at radius 1 is 1.24 bits per heavy atom. The molecule has 0 amide bonds. The molecule has 3 unspecified atom stereocenters. The van der Waals surface area contributed by atoms with E-state index in [4.69, 9.17) is 4.98 Å². The molecule has 3 aliphatic rings. The van der Waals surface area contributed by atoms with Crippen LogP contribution in [0.4, 0.5) is 0 Å². The van der Waals surface area contributed by atoms with Crippen LogP contribution in [0.15, 0.2) is 24.3 Å². The maximum Gasteiger partial charge on any atom is 0.0872 e. The van der Waals surface area contributed by atoms with E-state index in [1.807, 2.05) is 0 Å². The molecule has 2 heterocycles. The topological polar surface area (TPSA) is 36.4 Å². The molecule has 1 aromatic carbocycles. The molecule has 1 saturated carbocycles. The molecule has 2 aliphatic carbocycles. The van der Waals surface area contributed by atoms with Crippen LogP contribution >= 0.6 is 0 Å². The first-order valence-corrected chi connectivity index (χ1v) is 9.90. The fourth-order valence-corrected chi connectivity index (χ4v) is 5.27. The fourth-order valence-electron chi connectivity index (χ4n) is 5.27. The summed E-state index contributed by atoms with van der Waals surface area (Å²) in [6.07, 6.45) is 5.55. The highest BCUT2D eigenvalue weighted by Crippen LogP contribution is 2.44. The Labute approximate surface area is 150 Å². The average molecular weight is 336 g/mol. The molecule has 25 heavy (non-hydrogen) atoms. The second kappa shape index (κ2) is 5.52. The number of para-hydroxylation sites is 1. The summed E-state index contributed by atoms with van der Waals surface area (Å²) in [5.41, 5.74) is 4.35. The maximum atomic E-state index is 11.7. The lowest BCUT2D eigenvalue weighted by atomic mass is 9.66. The smallest absolute Gasteiger partial charge is 0.0872 e. The van der Waals surface area contributed by atoms with Gasteiger partial charge in [0.05, 0.1) is 11.1 Å². The summed E-state index contributed by atoms with van der Waals surface area (Å²) in [6, 6.07) is 8.68. The molecule has 3 atom stereocenters. The molecular weight excluding hydrogens is 308 g/mol. The van der Waals surface area contributed by atoms with Crippen LogP contribution in [-0.2, 0) is 12.8 Å². The lowest BCUT2D eigenvalue weighted by Crippen LogP contribution is -2.63. The molecule has 0 spiro atoms. The lowest BCUT2D eigenvalue weighted by molar-refractivity contribution is -0.121. The summed E-state index contributed by atoms with van der Waals surface area (Å²) in [4.78, 5) is 7.53. The van der Waals surface area contributed by atoms with Crippen LogP contribution in [0, 0.1) is 18.8 Å². The van der Waals surface area contributed by atoms with Gasteiger partial charge < -0.3 is 5.11 Å². The van der Waals surface area contributed by atoms with Crippen molar-refractivity contribution in [2.45, 2.75) is 57.6 Å². The first-order valence-electron chi connectivity index (χ1n) is 9.90. The number of rotatable bonds is 2. The van der Waals surface area contributed by atoms with Crippen LogP contribution in [0.1, 0.15) is 43.0 Å². The maximum absolute atomic E-state index is 11.7. The normalized spacial score (nSPS) is 32.4. The minimum Gasteiger partial charge on any atom is -0.388 e. The number of fused-ring (bicyclic) bond motifs is 3. The van der Waals surface area contributed by atoms with Crippen molar-refractivity contribution in [2.24, 2.45) is 11.8 Å². The lowest BCUT2D eigenvalue weighted by Gasteiger charge is -2.53. The van der Waals surface area contributed by atoms with E-state index in [-0.39, 0.29) is 6.04 Å². The summed E-state index contributed by atoms with van der Waals surface area (Å²) < 4.78 is 0. The van der Waals surface area contributed by atoms with E-state index in [0.29, 0.717) is 5.92 Å². The molecule has 1 aromatic heterocycles. The van der Waals surface area contributed by atoms with Crippen molar-refractivity contribution in [1.29, 1.82) is 0 Å². The number of piperidine rings is 1. The fraction of sp³-hybridized carbons (Fsp3) is 0.591. The number of pyridine rings is 1. The molecule has 3 nitrogen and oxygen atoms in total. The number of aromatic nitrogens is 1. The van der Waals surface area contributed by atoms with Gasteiger partial charge in [0.2, 0.25) is 0 Å². The number of aryl methyl sites for hydroxylation is 1. The van der Waals surface area contributed by atoms with E-state index in [1.165, 1.54) is 41.6 Å². The zero-order valence-corrected chi connectivity index (χ0v) is 15.3. The monoisotopic (exact) mass is 336 g/mol. The summed E-state index contributed by atoms with van der Waals surface area (Å²) in [7, 11) is 0. The third-order valence-corrected chi connectivity index (χ3v) is 7.20. The van der Waals surface area contributed by atoms with Gasteiger partial charge in [-0.05, 0) is 75.1 Å². The predicted molar refractivity (Wildman–Crippen MR) is 101 cm³/mol. The first-order chi connectivity index (χ1) is 12.1. The van der Waals surface area contributed by atoms with E-state index >= 15 is 0 Å². The van der Waals surface area contributed by atoms with Crippen molar-refractivity contribution in [3.63, 3.8) is 0 Å². The van der Waals surface area contributed by atoms with Crippen LogP contribution in [0.5, 0.6) is 0 Å². The Balaban J connectivity index is 1.54. The van der Waals surface area contributed by atoms with E-state index < -0.39 is 5.60 Å². The Morgan fingerprint density at radius 2 is 2.04 bits per heavy atom. The van der Waals surface area contributed by atoms with Gasteiger partial charge in [-0.2, -0.15) is 0 Å². The summed E-state index contributed by atoms with van der Waals surface area (Å²) in [5, 5.41) is 13.0. The van der Waals surface area contributed by atoms with E-state index in [2.05, 4.69) is 43.0 Å². The molecule has 2 aromatic rings. The van der Waals surface area contributed by atoms with Crippen LogP contribution in [0.3, 0.4) is 0 Å². The van der Waals surface area contributed by atoms with Gasteiger partial charge in [-0.1, -0.05) is 18.2 Å². The number of hydrogen-bond acceptors (Lipinski definition) is 3. The minimum absolute atomic E-state index is 0.242. The van der Waals surface area contributed by atoms with Gasteiger partial charge in [0.15, 0.2) is 0 Å². The highest BCUT2D eigenvalue weighted by molar-refractivity contribution is 5.83. The second-order valence-electron chi connectivity index (χ2n) is 8.65.